The fourth-order valence-corrected chi connectivity index (χ4v) is 3.38. The molecule has 0 spiro atoms. The number of amides is 1. The molecule has 1 saturated heterocycles. The highest BCUT2D eigenvalue weighted by molar-refractivity contribution is 5.77. The van der Waals surface area contributed by atoms with Crippen molar-refractivity contribution in [2.24, 2.45) is 5.92 Å². The van der Waals surface area contributed by atoms with Gasteiger partial charge < -0.3 is 15.4 Å². The van der Waals surface area contributed by atoms with Crippen LogP contribution in [0.15, 0.2) is 0 Å². The third-order valence-corrected chi connectivity index (χ3v) is 4.73. The van der Waals surface area contributed by atoms with Crippen LogP contribution in [0.25, 0.3) is 0 Å². The first-order chi connectivity index (χ1) is 9.75. The minimum Gasteiger partial charge on any atom is -0.368 e. The molecule has 0 radical (unpaired) electrons. The molecule has 4 nitrogen and oxygen atoms in total. The zero-order chi connectivity index (χ0) is 14.2. The molecular formula is C16H30N2O2. The van der Waals surface area contributed by atoms with Gasteiger partial charge in [-0.2, -0.15) is 0 Å². The van der Waals surface area contributed by atoms with Gasteiger partial charge in [0.25, 0.3) is 0 Å². The Morgan fingerprint density at radius 2 is 1.80 bits per heavy atom. The van der Waals surface area contributed by atoms with Crippen molar-refractivity contribution in [1.82, 2.24) is 10.6 Å². The maximum Gasteiger partial charge on any atom is 0.246 e. The summed E-state index contributed by atoms with van der Waals surface area (Å²) in [4.78, 5) is 12.0. The largest absolute Gasteiger partial charge is 0.368 e. The molecule has 1 amide bonds. The summed E-state index contributed by atoms with van der Waals surface area (Å²) in [7, 11) is 0. The molecule has 2 rings (SSSR count). The molecular weight excluding hydrogens is 252 g/mol. The molecule has 4 heteroatoms. The summed E-state index contributed by atoms with van der Waals surface area (Å²) >= 11 is 0. The molecule has 2 N–H and O–H groups in total. The lowest BCUT2D eigenvalue weighted by molar-refractivity contribution is -0.129. The van der Waals surface area contributed by atoms with Crippen molar-refractivity contribution in [3.8, 4) is 0 Å². The van der Waals surface area contributed by atoms with E-state index < -0.39 is 0 Å². The zero-order valence-electron chi connectivity index (χ0n) is 12.8. The fraction of sp³-hybridized carbons (Fsp3) is 0.938. The van der Waals surface area contributed by atoms with E-state index in [-0.39, 0.29) is 24.7 Å². The Balaban J connectivity index is 1.64. The predicted molar refractivity (Wildman–Crippen MR) is 80.6 cm³/mol. The molecule has 1 heterocycles. The number of nitrogens with one attached hydrogen (secondary N) is 2. The number of carbonyl (C=O) groups is 1. The van der Waals surface area contributed by atoms with E-state index >= 15 is 0 Å². The molecule has 0 aromatic rings. The molecule has 0 aromatic heterocycles. The van der Waals surface area contributed by atoms with Crippen LogP contribution in [0.1, 0.15) is 58.3 Å². The average Bonchev–Trinajstić information content (AvgIpc) is 2.75. The normalized spacial score (nSPS) is 24.1. The van der Waals surface area contributed by atoms with Gasteiger partial charge in [0.2, 0.25) is 5.91 Å². The van der Waals surface area contributed by atoms with Gasteiger partial charge in [0, 0.05) is 6.04 Å². The molecule has 116 valence electrons. The van der Waals surface area contributed by atoms with Crippen LogP contribution in [0.5, 0.6) is 0 Å². The van der Waals surface area contributed by atoms with Crippen molar-refractivity contribution in [1.29, 1.82) is 0 Å². The highest BCUT2D eigenvalue weighted by Crippen LogP contribution is 2.25. The zero-order valence-corrected chi connectivity index (χ0v) is 12.8. The number of ether oxygens (including phenoxy) is 1. The molecule has 1 aliphatic carbocycles. The van der Waals surface area contributed by atoms with Crippen LogP contribution in [0.3, 0.4) is 0 Å². The lowest BCUT2D eigenvalue weighted by Crippen LogP contribution is -2.41. The number of rotatable bonds is 5. The van der Waals surface area contributed by atoms with E-state index in [9.17, 15) is 4.79 Å². The summed E-state index contributed by atoms with van der Waals surface area (Å²) in [6.45, 7) is 4.38. The molecule has 0 aromatic carbocycles. The van der Waals surface area contributed by atoms with E-state index in [1.807, 2.05) is 0 Å². The Kier molecular flexibility index (Phi) is 6.80. The first-order valence-corrected chi connectivity index (χ1v) is 8.37. The van der Waals surface area contributed by atoms with E-state index in [4.69, 9.17) is 4.74 Å². The second kappa shape index (κ2) is 8.63. The summed E-state index contributed by atoms with van der Waals surface area (Å²) in [5.41, 5.74) is 0. The second-order valence-electron chi connectivity index (χ2n) is 6.37. The van der Waals surface area contributed by atoms with Gasteiger partial charge in [0.1, 0.15) is 6.61 Å². The van der Waals surface area contributed by atoms with Crippen LogP contribution in [0.4, 0.5) is 0 Å². The van der Waals surface area contributed by atoms with Crippen molar-refractivity contribution < 1.29 is 9.53 Å². The van der Waals surface area contributed by atoms with Crippen LogP contribution in [0.2, 0.25) is 0 Å². The van der Waals surface area contributed by atoms with Gasteiger partial charge in [0.15, 0.2) is 0 Å². The summed E-state index contributed by atoms with van der Waals surface area (Å²) in [6.07, 6.45) is 10.2. The van der Waals surface area contributed by atoms with Gasteiger partial charge in [-0.25, -0.2) is 0 Å². The van der Waals surface area contributed by atoms with Crippen LogP contribution in [-0.2, 0) is 9.53 Å². The van der Waals surface area contributed by atoms with E-state index in [2.05, 4.69) is 17.6 Å². The van der Waals surface area contributed by atoms with Gasteiger partial charge in [-0.15, -0.1) is 0 Å². The Morgan fingerprint density at radius 1 is 1.15 bits per heavy atom. The summed E-state index contributed by atoms with van der Waals surface area (Å²) in [5, 5.41) is 6.44. The van der Waals surface area contributed by atoms with E-state index in [0.29, 0.717) is 5.92 Å². The smallest absolute Gasteiger partial charge is 0.246 e. The molecule has 1 saturated carbocycles. The fourth-order valence-electron chi connectivity index (χ4n) is 3.38. The van der Waals surface area contributed by atoms with Crippen molar-refractivity contribution in [2.75, 3.05) is 19.7 Å². The molecule has 2 fully saturated rings. The van der Waals surface area contributed by atoms with Crippen LogP contribution in [-0.4, -0.2) is 37.7 Å². The SMILES string of the molecule is C[C@H](NC(=O)COC1CCNCC1)C1CCCCCC1. The highest BCUT2D eigenvalue weighted by atomic mass is 16.5. The minimum absolute atomic E-state index is 0.0558. The number of hydrogen-bond acceptors (Lipinski definition) is 3. The van der Waals surface area contributed by atoms with Crippen LogP contribution < -0.4 is 10.6 Å². The molecule has 20 heavy (non-hydrogen) atoms. The van der Waals surface area contributed by atoms with E-state index in [1.54, 1.807) is 0 Å². The van der Waals surface area contributed by atoms with Gasteiger partial charge in [-0.05, 0) is 51.6 Å². The first-order valence-electron chi connectivity index (χ1n) is 8.37. The van der Waals surface area contributed by atoms with Crippen molar-refractivity contribution >= 4 is 5.91 Å². The van der Waals surface area contributed by atoms with E-state index in [1.165, 1.54) is 38.5 Å². The lowest BCUT2D eigenvalue weighted by atomic mass is 9.93. The third-order valence-electron chi connectivity index (χ3n) is 4.73. The Morgan fingerprint density at radius 3 is 2.45 bits per heavy atom. The lowest BCUT2D eigenvalue weighted by Gasteiger charge is -2.25. The van der Waals surface area contributed by atoms with Gasteiger partial charge in [0.05, 0.1) is 6.10 Å². The maximum atomic E-state index is 12.0. The van der Waals surface area contributed by atoms with Crippen molar-refractivity contribution in [3.63, 3.8) is 0 Å². The maximum absolute atomic E-state index is 12.0. The van der Waals surface area contributed by atoms with Crippen LogP contribution >= 0.6 is 0 Å². The average molecular weight is 282 g/mol. The molecule has 0 bridgehead atoms. The van der Waals surface area contributed by atoms with Crippen LogP contribution in [0, 0.1) is 5.92 Å². The number of carbonyl (C=O) groups excluding carboxylic acids is 1. The predicted octanol–water partition coefficient (Wildman–Crippen LogP) is 2.23. The van der Waals surface area contributed by atoms with Gasteiger partial charge in [-0.3, -0.25) is 4.79 Å². The van der Waals surface area contributed by atoms with Crippen molar-refractivity contribution in [3.05, 3.63) is 0 Å². The summed E-state index contributed by atoms with van der Waals surface area (Å²) < 4.78 is 5.71. The Bertz CT molecular complexity index is 282. The monoisotopic (exact) mass is 282 g/mol. The van der Waals surface area contributed by atoms with Crippen molar-refractivity contribution in [2.45, 2.75) is 70.4 Å². The third kappa shape index (κ3) is 5.41. The topological polar surface area (TPSA) is 50.4 Å². The number of piperidine rings is 1. The Labute approximate surface area is 123 Å². The van der Waals surface area contributed by atoms with Gasteiger partial charge in [-0.1, -0.05) is 25.7 Å². The quantitative estimate of drug-likeness (QED) is 0.760. The second-order valence-corrected chi connectivity index (χ2v) is 6.37. The number of hydrogen-bond donors (Lipinski definition) is 2. The first kappa shape index (κ1) is 15.8. The van der Waals surface area contributed by atoms with E-state index in [0.717, 1.165) is 25.9 Å². The summed E-state index contributed by atoms with van der Waals surface area (Å²) in [6, 6.07) is 0.289. The molecule has 0 unspecified atom stereocenters. The molecule has 2 aliphatic rings. The summed E-state index contributed by atoms with van der Waals surface area (Å²) in [5.74, 6) is 0.709. The standard InChI is InChI=1S/C16H30N2O2/c1-13(14-6-4-2-3-5-7-14)18-16(19)12-20-15-8-10-17-11-9-15/h13-15,17H,2-12H2,1H3,(H,18,19)/t13-/m0/s1. The molecule has 1 aliphatic heterocycles. The Hall–Kier alpha value is -0.610. The minimum atomic E-state index is 0.0558. The highest BCUT2D eigenvalue weighted by Gasteiger charge is 2.21. The van der Waals surface area contributed by atoms with Gasteiger partial charge >= 0.3 is 0 Å². The molecule has 1 atom stereocenters.